The number of aromatic carboxylic acids is 1. The van der Waals surface area contributed by atoms with Gasteiger partial charge in [0.15, 0.2) is 0 Å². The van der Waals surface area contributed by atoms with E-state index in [0.29, 0.717) is 44.6 Å². The lowest BCUT2D eigenvalue weighted by atomic mass is 9.81. The van der Waals surface area contributed by atoms with Crippen LogP contribution in [0.1, 0.15) is 34.7 Å². The lowest BCUT2D eigenvalue weighted by molar-refractivity contribution is -0.144. The standard InChI is InChI=1S/C20H27BN2O8/c1-22-4-5-30-11(8-22)6-17(24)23-9-12(10-23)31-16-3-2-13(14-7-15(14)21(28)29)19(25)18(16)20(26)27/h2-3,11-12,14-15,25,28-29H,4-10H2,1H3,(H,26,27)/t11-,14?,15+/m0/s1. The number of rotatable bonds is 7. The first-order valence-corrected chi connectivity index (χ1v) is 10.4. The minimum Gasteiger partial charge on any atom is -0.507 e. The molecule has 0 aromatic heterocycles. The molecule has 1 aliphatic carbocycles. The molecule has 1 saturated carbocycles. The summed E-state index contributed by atoms with van der Waals surface area (Å²) in [6.45, 7) is 2.84. The Morgan fingerprint density at radius 3 is 2.61 bits per heavy atom. The Morgan fingerprint density at radius 1 is 1.26 bits per heavy atom. The second-order valence-corrected chi connectivity index (χ2v) is 8.60. The number of phenols is 1. The summed E-state index contributed by atoms with van der Waals surface area (Å²) in [5.74, 6) is -2.46. The van der Waals surface area contributed by atoms with Crippen LogP contribution in [0.5, 0.6) is 11.5 Å². The highest BCUT2D eigenvalue weighted by Gasteiger charge is 2.48. The van der Waals surface area contributed by atoms with E-state index in [1.807, 2.05) is 7.05 Å². The first kappa shape index (κ1) is 21.9. The number of hydrogen-bond acceptors (Lipinski definition) is 8. The van der Waals surface area contributed by atoms with Crippen molar-refractivity contribution in [2.75, 3.05) is 39.8 Å². The van der Waals surface area contributed by atoms with Crippen molar-refractivity contribution in [2.24, 2.45) is 0 Å². The molecule has 1 amide bonds. The van der Waals surface area contributed by atoms with E-state index < -0.39 is 24.7 Å². The maximum atomic E-state index is 12.4. The number of aromatic hydroxyl groups is 1. The van der Waals surface area contributed by atoms with Gasteiger partial charge in [-0.15, -0.1) is 0 Å². The molecule has 2 saturated heterocycles. The van der Waals surface area contributed by atoms with Crippen LogP contribution in [0.2, 0.25) is 5.82 Å². The molecular weight excluding hydrogens is 407 g/mol. The number of carbonyl (C=O) groups excluding carboxylic acids is 1. The fourth-order valence-electron chi connectivity index (χ4n) is 4.30. The number of amides is 1. The van der Waals surface area contributed by atoms with Gasteiger partial charge in [-0.05, 0) is 31.0 Å². The summed E-state index contributed by atoms with van der Waals surface area (Å²) in [5.41, 5.74) is 0.0183. The SMILES string of the molecule is CN1CCO[C@@H](CC(=O)N2CC(Oc3ccc(C4C[C@H]4B(O)O)c(O)c3C(=O)O)C2)C1. The number of hydrogen-bond donors (Lipinski definition) is 4. The van der Waals surface area contributed by atoms with Gasteiger partial charge in [-0.1, -0.05) is 6.07 Å². The van der Waals surface area contributed by atoms with E-state index in [1.54, 1.807) is 11.0 Å². The lowest BCUT2D eigenvalue weighted by Gasteiger charge is -2.40. The smallest absolute Gasteiger partial charge is 0.455 e. The lowest BCUT2D eigenvalue weighted by Crippen LogP contribution is -2.57. The number of likely N-dealkylation sites (N-methyl/N-ethyl adjacent to an activating group) is 1. The van der Waals surface area contributed by atoms with Crippen LogP contribution < -0.4 is 4.74 Å². The molecule has 11 heteroatoms. The molecule has 1 unspecified atom stereocenters. The Balaban J connectivity index is 1.35. The van der Waals surface area contributed by atoms with Gasteiger partial charge in [-0.2, -0.15) is 0 Å². The van der Waals surface area contributed by atoms with Crippen molar-refractivity contribution >= 4 is 19.0 Å². The average molecular weight is 434 g/mol. The van der Waals surface area contributed by atoms with Gasteiger partial charge in [-0.3, -0.25) is 4.79 Å². The van der Waals surface area contributed by atoms with Gasteiger partial charge in [0.25, 0.3) is 0 Å². The second-order valence-electron chi connectivity index (χ2n) is 8.60. The maximum Gasteiger partial charge on any atom is 0.455 e. The van der Waals surface area contributed by atoms with Crippen LogP contribution in [-0.4, -0.2) is 101 Å². The third-order valence-corrected chi connectivity index (χ3v) is 6.25. The molecule has 31 heavy (non-hydrogen) atoms. The fourth-order valence-corrected chi connectivity index (χ4v) is 4.30. The number of likely N-dealkylation sites (tertiary alicyclic amines) is 1. The van der Waals surface area contributed by atoms with Crippen molar-refractivity contribution in [1.82, 2.24) is 9.80 Å². The van der Waals surface area contributed by atoms with Crippen molar-refractivity contribution in [3.05, 3.63) is 23.3 Å². The van der Waals surface area contributed by atoms with Crippen LogP contribution in [0.25, 0.3) is 0 Å². The highest BCUT2D eigenvalue weighted by molar-refractivity contribution is 6.44. The molecule has 3 fully saturated rings. The monoisotopic (exact) mass is 434 g/mol. The summed E-state index contributed by atoms with van der Waals surface area (Å²) in [6, 6.07) is 3.04. The maximum absolute atomic E-state index is 12.4. The van der Waals surface area contributed by atoms with E-state index in [4.69, 9.17) is 9.47 Å². The summed E-state index contributed by atoms with van der Waals surface area (Å²) < 4.78 is 11.4. The second kappa shape index (κ2) is 8.66. The zero-order chi connectivity index (χ0) is 22.3. The van der Waals surface area contributed by atoms with Crippen LogP contribution in [-0.2, 0) is 9.53 Å². The van der Waals surface area contributed by atoms with Crippen LogP contribution >= 0.6 is 0 Å². The molecular formula is C20H27BN2O8. The zero-order valence-electron chi connectivity index (χ0n) is 17.3. The molecule has 0 spiro atoms. The number of benzene rings is 1. The van der Waals surface area contributed by atoms with E-state index in [-0.39, 0.29) is 35.3 Å². The molecule has 0 radical (unpaired) electrons. The van der Waals surface area contributed by atoms with Gasteiger partial charge in [0.05, 0.1) is 32.2 Å². The van der Waals surface area contributed by atoms with Gasteiger partial charge in [0.1, 0.15) is 23.2 Å². The molecule has 2 aliphatic heterocycles. The Morgan fingerprint density at radius 2 is 2.00 bits per heavy atom. The van der Waals surface area contributed by atoms with E-state index in [9.17, 15) is 29.9 Å². The summed E-state index contributed by atoms with van der Waals surface area (Å²) in [6.07, 6.45) is 0.268. The van der Waals surface area contributed by atoms with Gasteiger partial charge >= 0.3 is 13.1 Å². The Kier molecular flexibility index (Phi) is 6.11. The van der Waals surface area contributed by atoms with Crippen LogP contribution in [0.4, 0.5) is 0 Å². The van der Waals surface area contributed by atoms with E-state index in [1.165, 1.54) is 6.07 Å². The average Bonchev–Trinajstić information content (AvgIpc) is 3.44. The van der Waals surface area contributed by atoms with Crippen LogP contribution in [0.15, 0.2) is 12.1 Å². The summed E-state index contributed by atoms with van der Waals surface area (Å²) in [5, 5.41) is 38.6. The van der Waals surface area contributed by atoms with Gasteiger partial charge in [-0.25, -0.2) is 4.79 Å². The number of ether oxygens (including phenoxy) is 2. The van der Waals surface area contributed by atoms with Crippen LogP contribution in [0.3, 0.4) is 0 Å². The number of carbonyl (C=O) groups is 2. The minimum atomic E-state index is -1.51. The molecule has 4 N–H and O–H groups in total. The van der Waals surface area contributed by atoms with Crippen molar-refractivity contribution in [3.8, 4) is 11.5 Å². The van der Waals surface area contributed by atoms with E-state index >= 15 is 0 Å². The van der Waals surface area contributed by atoms with Gasteiger partial charge < -0.3 is 39.5 Å². The van der Waals surface area contributed by atoms with Crippen LogP contribution in [0, 0.1) is 0 Å². The van der Waals surface area contributed by atoms with Crippen molar-refractivity contribution in [1.29, 1.82) is 0 Å². The van der Waals surface area contributed by atoms with Crippen molar-refractivity contribution in [3.63, 3.8) is 0 Å². The third kappa shape index (κ3) is 4.64. The minimum absolute atomic E-state index is 0.0286. The quantitative estimate of drug-likeness (QED) is 0.427. The number of carboxylic acids is 1. The highest BCUT2D eigenvalue weighted by atomic mass is 16.5. The molecule has 3 aliphatic rings. The zero-order valence-corrected chi connectivity index (χ0v) is 17.3. The van der Waals surface area contributed by atoms with E-state index in [0.717, 1.165) is 6.54 Å². The Bertz CT molecular complexity index is 860. The number of nitrogens with zero attached hydrogens (tertiary/aromatic N) is 2. The highest BCUT2D eigenvalue weighted by Crippen LogP contribution is 2.56. The normalized spacial score (nSPS) is 26.3. The largest absolute Gasteiger partial charge is 0.507 e. The van der Waals surface area contributed by atoms with Crippen molar-refractivity contribution in [2.45, 2.75) is 36.8 Å². The Hall–Kier alpha value is -2.34. The molecule has 4 rings (SSSR count). The molecule has 3 atom stereocenters. The van der Waals surface area contributed by atoms with Crippen molar-refractivity contribution < 1.29 is 39.3 Å². The van der Waals surface area contributed by atoms with Gasteiger partial charge in [0, 0.05) is 18.9 Å². The summed E-state index contributed by atoms with van der Waals surface area (Å²) >= 11 is 0. The molecule has 10 nitrogen and oxygen atoms in total. The summed E-state index contributed by atoms with van der Waals surface area (Å²) in [4.78, 5) is 27.9. The summed E-state index contributed by atoms with van der Waals surface area (Å²) in [7, 11) is 0.482. The molecule has 0 bridgehead atoms. The number of carboxylic acid groups (broad SMARTS) is 1. The molecule has 168 valence electrons. The predicted molar refractivity (Wildman–Crippen MR) is 109 cm³/mol. The van der Waals surface area contributed by atoms with E-state index in [2.05, 4.69) is 4.90 Å². The molecule has 2 heterocycles. The van der Waals surface area contributed by atoms with Gasteiger partial charge in [0.2, 0.25) is 5.91 Å². The first-order chi connectivity index (χ1) is 14.7. The molecule has 1 aromatic carbocycles. The molecule has 1 aromatic rings. The topological polar surface area (TPSA) is 140 Å². The predicted octanol–water partition coefficient (Wildman–Crippen LogP) is -0.269. The first-order valence-electron chi connectivity index (χ1n) is 10.4. The number of morpholine rings is 1. The fraction of sp³-hybridized carbons (Fsp3) is 0.600. The Labute approximate surface area is 180 Å². The third-order valence-electron chi connectivity index (χ3n) is 6.25.